The Labute approximate surface area is 197 Å². The van der Waals surface area contributed by atoms with E-state index in [1.165, 1.54) is 19.3 Å². The van der Waals surface area contributed by atoms with Crippen molar-refractivity contribution in [1.82, 2.24) is 9.78 Å². The Kier molecular flexibility index (Phi) is 5.73. The van der Waals surface area contributed by atoms with Gasteiger partial charge < -0.3 is 9.84 Å². The number of hydrogen-bond donors (Lipinski definition) is 1. The quantitative estimate of drug-likeness (QED) is 0.716. The highest BCUT2D eigenvalue weighted by molar-refractivity contribution is 5.82. The number of ketones is 1. The first-order valence-corrected chi connectivity index (χ1v) is 12.9. The SMILES string of the molecule is COCC12CCC(C)(O)CC1CCC1C3CCC(C(=O)Cn4ccc(C#N)n4)C3(C)CCC12. The minimum atomic E-state index is -0.541. The fraction of sp³-hybridized carbons (Fsp3) is 0.815. The van der Waals surface area contributed by atoms with Crippen LogP contribution in [0.3, 0.4) is 0 Å². The number of ether oxygens (including phenoxy) is 1. The van der Waals surface area contributed by atoms with Crippen LogP contribution in [0, 0.1) is 51.8 Å². The van der Waals surface area contributed by atoms with Crippen molar-refractivity contribution in [3.63, 3.8) is 0 Å². The summed E-state index contributed by atoms with van der Waals surface area (Å²) in [6.45, 7) is 5.48. The Balaban J connectivity index is 1.36. The first kappa shape index (κ1) is 23.1. The highest BCUT2D eigenvalue weighted by atomic mass is 16.5. The Morgan fingerprint density at radius 2 is 2.03 bits per heavy atom. The van der Waals surface area contributed by atoms with E-state index < -0.39 is 5.60 Å². The topological polar surface area (TPSA) is 88.1 Å². The first-order valence-electron chi connectivity index (χ1n) is 12.9. The van der Waals surface area contributed by atoms with Gasteiger partial charge in [0.1, 0.15) is 6.07 Å². The minimum absolute atomic E-state index is 0.0602. The number of fused-ring (bicyclic) bond motifs is 5. The molecule has 0 spiro atoms. The number of carbonyl (C=O) groups excluding carboxylic acids is 1. The molecule has 0 saturated heterocycles. The van der Waals surface area contributed by atoms with Crippen molar-refractivity contribution in [3.05, 3.63) is 18.0 Å². The van der Waals surface area contributed by atoms with Crippen LogP contribution in [0.5, 0.6) is 0 Å². The number of methoxy groups -OCH3 is 1. The lowest BCUT2D eigenvalue weighted by atomic mass is 9.43. The number of carbonyl (C=O) groups is 1. The second-order valence-corrected chi connectivity index (χ2v) is 12.2. The fourth-order valence-corrected chi connectivity index (χ4v) is 9.09. The maximum absolute atomic E-state index is 13.4. The third-order valence-corrected chi connectivity index (χ3v) is 10.5. The summed E-state index contributed by atoms with van der Waals surface area (Å²) in [6.07, 6.45) is 11.4. The van der Waals surface area contributed by atoms with Crippen molar-refractivity contribution in [2.24, 2.45) is 40.4 Å². The highest BCUT2D eigenvalue weighted by Crippen LogP contribution is 2.68. The lowest BCUT2D eigenvalue weighted by Crippen LogP contribution is -2.58. The summed E-state index contributed by atoms with van der Waals surface area (Å²) < 4.78 is 7.50. The average molecular weight is 454 g/mol. The van der Waals surface area contributed by atoms with Gasteiger partial charge in [-0.25, -0.2) is 0 Å². The van der Waals surface area contributed by atoms with Crippen LogP contribution in [-0.2, 0) is 16.1 Å². The molecular weight excluding hydrogens is 414 g/mol. The molecule has 6 nitrogen and oxygen atoms in total. The predicted octanol–water partition coefficient (Wildman–Crippen LogP) is 4.36. The number of rotatable bonds is 5. The molecule has 0 aliphatic heterocycles. The summed E-state index contributed by atoms with van der Waals surface area (Å²) in [7, 11) is 1.84. The first-order chi connectivity index (χ1) is 15.7. The van der Waals surface area contributed by atoms with Crippen molar-refractivity contribution < 1.29 is 14.6 Å². The molecule has 5 rings (SSSR count). The molecule has 0 amide bonds. The average Bonchev–Trinajstić information content (AvgIpc) is 3.37. The monoisotopic (exact) mass is 453 g/mol. The summed E-state index contributed by atoms with van der Waals surface area (Å²) in [4.78, 5) is 13.4. The summed E-state index contributed by atoms with van der Waals surface area (Å²) in [5.74, 6) is 2.80. The van der Waals surface area contributed by atoms with E-state index in [1.54, 1.807) is 16.9 Å². The molecule has 0 bridgehead atoms. The largest absolute Gasteiger partial charge is 0.390 e. The van der Waals surface area contributed by atoms with Crippen molar-refractivity contribution in [1.29, 1.82) is 5.26 Å². The van der Waals surface area contributed by atoms with Gasteiger partial charge in [-0.1, -0.05) is 6.92 Å². The number of nitrogens with zero attached hydrogens (tertiary/aromatic N) is 3. The molecule has 8 atom stereocenters. The third kappa shape index (κ3) is 3.67. The van der Waals surface area contributed by atoms with E-state index in [0.717, 1.165) is 45.1 Å². The molecule has 1 heterocycles. The van der Waals surface area contributed by atoms with E-state index in [0.29, 0.717) is 29.4 Å². The zero-order valence-electron chi connectivity index (χ0n) is 20.4. The fourth-order valence-electron chi connectivity index (χ4n) is 9.09. The molecular formula is C27H39N3O3. The van der Waals surface area contributed by atoms with Gasteiger partial charge in [0.05, 0.1) is 18.8 Å². The Morgan fingerprint density at radius 3 is 2.76 bits per heavy atom. The maximum Gasteiger partial charge on any atom is 0.162 e. The Morgan fingerprint density at radius 1 is 1.21 bits per heavy atom. The van der Waals surface area contributed by atoms with Crippen LogP contribution in [0.25, 0.3) is 0 Å². The summed E-state index contributed by atoms with van der Waals surface area (Å²) in [6, 6.07) is 3.72. The minimum Gasteiger partial charge on any atom is -0.390 e. The smallest absolute Gasteiger partial charge is 0.162 e. The molecule has 1 N–H and O–H groups in total. The Hall–Kier alpha value is -1.71. The summed E-state index contributed by atoms with van der Waals surface area (Å²) in [5.41, 5.74) is 0.0721. The molecule has 4 aliphatic carbocycles. The van der Waals surface area contributed by atoms with Gasteiger partial charge in [0, 0.05) is 19.2 Å². The summed E-state index contributed by atoms with van der Waals surface area (Å²) in [5, 5.41) is 24.1. The van der Waals surface area contributed by atoms with Crippen molar-refractivity contribution in [3.8, 4) is 6.07 Å². The second kappa shape index (κ2) is 8.20. The molecule has 4 fully saturated rings. The maximum atomic E-state index is 13.4. The molecule has 6 heteroatoms. The zero-order valence-corrected chi connectivity index (χ0v) is 20.4. The van der Waals surface area contributed by atoms with Crippen molar-refractivity contribution in [2.45, 2.75) is 83.8 Å². The summed E-state index contributed by atoms with van der Waals surface area (Å²) >= 11 is 0. The molecule has 4 aliphatic rings. The third-order valence-electron chi connectivity index (χ3n) is 10.5. The molecule has 4 saturated carbocycles. The normalized spacial score (nSPS) is 44.4. The second-order valence-electron chi connectivity index (χ2n) is 12.2. The van der Waals surface area contributed by atoms with Crippen LogP contribution in [-0.4, -0.2) is 40.0 Å². The molecule has 1 aromatic rings. The van der Waals surface area contributed by atoms with Gasteiger partial charge in [-0.15, -0.1) is 0 Å². The van der Waals surface area contributed by atoms with Crippen LogP contribution < -0.4 is 0 Å². The van der Waals surface area contributed by atoms with Crippen molar-refractivity contribution in [2.75, 3.05) is 13.7 Å². The van der Waals surface area contributed by atoms with Crippen LogP contribution in [0.2, 0.25) is 0 Å². The number of nitriles is 1. The van der Waals surface area contributed by atoms with Gasteiger partial charge in [0.15, 0.2) is 11.5 Å². The molecule has 8 unspecified atom stereocenters. The standard InChI is InChI=1S/C27H39N3O3/c1-25(32)11-12-27(17-33-3)18(14-25)4-5-20-21-6-7-23(26(21,2)10-8-22(20)27)24(31)16-30-13-9-19(15-28)29-30/h9,13,18,20-23,32H,4-8,10-12,14,16-17H2,1-3H3. The van der Waals surface area contributed by atoms with Gasteiger partial charge in [-0.05, 0) is 105 Å². The van der Waals surface area contributed by atoms with Crippen LogP contribution in [0.1, 0.15) is 77.3 Å². The number of aromatic nitrogens is 2. The molecule has 0 aromatic carbocycles. The van der Waals surface area contributed by atoms with Gasteiger partial charge in [0.2, 0.25) is 0 Å². The Bertz CT molecular complexity index is 949. The van der Waals surface area contributed by atoms with Gasteiger partial charge in [-0.3, -0.25) is 9.48 Å². The number of hydrogen-bond acceptors (Lipinski definition) is 5. The zero-order chi connectivity index (χ0) is 23.4. The lowest BCUT2D eigenvalue weighted by Gasteiger charge is -2.62. The van der Waals surface area contributed by atoms with E-state index in [1.807, 2.05) is 20.1 Å². The highest BCUT2D eigenvalue weighted by Gasteiger charge is 2.63. The van der Waals surface area contributed by atoms with E-state index >= 15 is 0 Å². The lowest BCUT2D eigenvalue weighted by molar-refractivity contribution is -0.175. The van der Waals surface area contributed by atoms with E-state index in [4.69, 9.17) is 10.00 Å². The van der Waals surface area contributed by atoms with Crippen molar-refractivity contribution >= 4 is 5.78 Å². The van der Waals surface area contributed by atoms with Crippen LogP contribution in [0.4, 0.5) is 0 Å². The molecule has 33 heavy (non-hydrogen) atoms. The van der Waals surface area contributed by atoms with Gasteiger partial charge >= 0.3 is 0 Å². The van der Waals surface area contributed by atoms with Crippen LogP contribution in [0.15, 0.2) is 12.3 Å². The molecule has 180 valence electrons. The predicted molar refractivity (Wildman–Crippen MR) is 124 cm³/mol. The number of aliphatic hydroxyl groups is 1. The number of Topliss-reactive ketones (excluding diaryl/α,β-unsaturated/α-hetero) is 1. The van der Waals surface area contributed by atoms with Gasteiger partial charge in [0.25, 0.3) is 0 Å². The van der Waals surface area contributed by atoms with E-state index in [-0.39, 0.29) is 29.1 Å². The van der Waals surface area contributed by atoms with E-state index in [2.05, 4.69) is 12.0 Å². The molecule has 1 aromatic heterocycles. The van der Waals surface area contributed by atoms with Crippen LogP contribution >= 0.6 is 0 Å². The molecule has 0 radical (unpaired) electrons. The van der Waals surface area contributed by atoms with E-state index in [9.17, 15) is 9.90 Å². The van der Waals surface area contributed by atoms with Gasteiger partial charge in [-0.2, -0.15) is 10.4 Å².